The molecule has 2 aromatic rings. The number of phenols is 1. The summed E-state index contributed by atoms with van der Waals surface area (Å²) < 4.78 is 0. The highest BCUT2D eigenvalue weighted by atomic mass is 16.4. The number of aliphatic hydroxyl groups excluding tert-OH is 1. The zero-order valence-corrected chi connectivity index (χ0v) is 21.6. The number of rotatable bonds is 16. The number of aliphatic hydroxyl groups is 1. The molecule has 0 aliphatic carbocycles. The maximum Gasteiger partial charge on any atom is 0.326 e. The van der Waals surface area contributed by atoms with Gasteiger partial charge < -0.3 is 42.7 Å². The Morgan fingerprint density at radius 1 is 0.744 bits per heavy atom. The minimum Gasteiger partial charge on any atom is -0.508 e. The van der Waals surface area contributed by atoms with E-state index in [0.29, 0.717) is 30.5 Å². The number of carboxylic acids is 1. The minimum absolute atomic E-state index is 0.00109. The largest absolute Gasteiger partial charge is 0.508 e. The van der Waals surface area contributed by atoms with Crippen molar-refractivity contribution in [3.8, 4) is 5.75 Å². The van der Waals surface area contributed by atoms with E-state index >= 15 is 0 Å². The second-order valence-electron chi connectivity index (χ2n) is 9.16. The molecule has 0 bridgehead atoms. The highest BCUT2D eigenvalue weighted by Gasteiger charge is 2.30. The molecular formula is C27H37N5O7. The third kappa shape index (κ3) is 10.7. The van der Waals surface area contributed by atoms with Gasteiger partial charge in [0.05, 0.1) is 6.61 Å². The van der Waals surface area contributed by atoms with Gasteiger partial charge in [0.2, 0.25) is 17.7 Å². The van der Waals surface area contributed by atoms with Crippen molar-refractivity contribution in [3.63, 3.8) is 0 Å². The number of hydrogen-bond donors (Lipinski definition) is 8. The monoisotopic (exact) mass is 543 g/mol. The topological polar surface area (TPSA) is 217 Å². The molecule has 0 heterocycles. The van der Waals surface area contributed by atoms with Crippen LogP contribution in [0.4, 0.5) is 0 Å². The van der Waals surface area contributed by atoms with E-state index in [1.807, 2.05) is 0 Å². The van der Waals surface area contributed by atoms with Gasteiger partial charge in [0, 0.05) is 12.8 Å². The van der Waals surface area contributed by atoms with Gasteiger partial charge in [0.25, 0.3) is 0 Å². The van der Waals surface area contributed by atoms with E-state index in [-0.39, 0.29) is 25.0 Å². The number of carbonyl (C=O) groups excluding carboxylic acids is 3. The summed E-state index contributed by atoms with van der Waals surface area (Å²) in [6.07, 6.45) is 1.28. The normalized spacial score (nSPS) is 13.9. The van der Waals surface area contributed by atoms with Crippen LogP contribution in [-0.2, 0) is 32.0 Å². The first kappa shape index (κ1) is 31.2. The number of aliphatic carboxylic acids is 1. The molecule has 12 nitrogen and oxygen atoms in total. The number of benzene rings is 2. The van der Waals surface area contributed by atoms with Crippen molar-refractivity contribution in [2.24, 2.45) is 11.5 Å². The van der Waals surface area contributed by atoms with Crippen molar-refractivity contribution in [2.45, 2.75) is 56.3 Å². The van der Waals surface area contributed by atoms with Gasteiger partial charge in [-0.1, -0.05) is 42.5 Å². The molecule has 0 aliphatic rings. The molecule has 0 aromatic heterocycles. The Morgan fingerprint density at radius 3 is 1.87 bits per heavy atom. The summed E-state index contributed by atoms with van der Waals surface area (Å²) >= 11 is 0. The maximum absolute atomic E-state index is 13.3. The number of phenolic OH excluding ortho intramolecular Hbond substituents is 1. The number of nitrogens with one attached hydrogen (secondary N) is 3. The average molecular weight is 544 g/mol. The number of nitrogens with two attached hydrogens (primary N) is 2. The summed E-state index contributed by atoms with van der Waals surface area (Å²) in [4.78, 5) is 50.8. The molecule has 12 heteroatoms. The van der Waals surface area contributed by atoms with E-state index in [9.17, 15) is 34.5 Å². The Hall–Kier alpha value is -4.00. The van der Waals surface area contributed by atoms with E-state index in [1.165, 1.54) is 12.1 Å². The molecule has 0 spiro atoms. The highest BCUT2D eigenvalue weighted by molar-refractivity contribution is 5.94. The lowest BCUT2D eigenvalue weighted by molar-refractivity contribution is -0.142. The zero-order valence-electron chi connectivity index (χ0n) is 21.6. The fraction of sp³-hybridized carbons (Fsp3) is 0.407. The van der Waals surface area contributed by atoms with E-state index in [0.717, 1.165) is 0 Å². The second-order valence-corrected chi connectivity index (χ2v) is 9.16. The number of carboxylic acid groups (broad SMARTS) is 1. The number of unbranched alkanes of at least 4 members (excludes halogenated alkanes) is 1. The van der Waals surface area contributed by atoms with Crippen molar-refractivity contribution in [1.82, 2.24) is 16.0 Å². The fourth-order valence-electron chi connectivity index (χ4n) is 3.79. The molecule has 0 aliphatic heterocycles. The molecule has 0 saturated heterocycles. The molecular weight excluding hydrogens is 506 g/mol. The summed E-state index contributed by atoms with van der Waals surface area (Å²) in [6.45, 7) is -0.270. The molecule has 0 saturated carbocycles. The number of aromatic hydroxyl groups is 1. The Bertz CT molecular complexity index is 1080. The van der Waals surface area contributed by atoms with Crippen LogP contribution in [0.3, 0.4) is 0 Å². The summed E-state index contributed by atoms with van der Waals surface area (Å²) in [7, 11) is 0. The molecule has 0 radical (unpaired) electrons. The van der Waals surface area contributed by atoms with Gasteiger partial charge in [-0.05, 0) is 49.1 Å². The Morgan fingerprint density at radius 2 is 1.28 bits per heavy atom. The van der Waals surface area contributed by atoms with Crippen LogP contribution in [0.25, 0.3) is 0 Å². The molecule has 4 atom stereocenters. The molecule has 39 heavy (non-hydrogen) atoms. The third-order valence-corrected chi connectivity index (χ3v) is 6.02. The lowest BCUT2D eigenvalue weighted by atomic mass is 10.0. The van der Waals surface area contributed by atoms with Gasteiger partial charge in [0.1, 0.15) is 29.9 Å². The van der Waals surface area contributed by atoms with Crippen molar-refractivity contribution in [1.29, 1.82) is 0 Å². The molecule has 4 unspecified atom stereocenters. The standard InChI is InChI=1S/C27H37N5O7/c28-13-5-4-8-21(25(36)32-23(27(38)39)15-17-6-2-1-3-7-17)30-26(37)22(31-24(35)20(29)16-33)14-18-9-11-19(34)12-10-18/h1-3,6-7,9-12,20-23,33-34H,4-5,8,13-16,28-29H2,(H,30,37)(H,31,35)(H,32,36)(H,38,39). The first-order valence-electron chi connectivity index (χ1n) is 12.7. The van der Waals surface area contributed by atoms with Gasteiger partial charge >= 0.3 is 5.97 Å². The third-order valence-electron chi connectivity index (χ3n) is 6.02. The number of carbonyl (C=O) groups is 4. The summed E-state index contributed by atoms with van der Waals surface area (Å²) in [5.41, 5.74) is 12.5. The summed E-state index contributed by atoms with van der Waals surface area (Å²) in [6, 6.07) is 10.0. The minimum atomic E-state index is -1.27. The lowest BCUT2D eigenvalue weighted by Crippen LogP contribution is -2.58. The predicted molar refractivity (Wildman–Crippen MR) is 143 cm³/mol. The van der Waals surface area contributed by atoms with E-state index < -0.39 is 54.5 Å². The van der Waals surface area contributed by atoms with Crippen LogP contribution in [-0.4, -0.2) is 76.3 Å². The SMILES string of the molecule is NCCCCC(NC(=O)C(Cc1ccc(O)cc1)NC(=O)C(N)CO)C(=O)NC(Cc1ccccc1)C(=O)O. The van der Waals surface area contributed by atoms with Gasteiger partial charge in [-0.2, -0.15) is 0 Å². The molecule has 3 amide bonds. The predicted octanol–water partition coefficient (Wildman–Crippen LogP) is -0.835. The van der Waals surface area contributed by atoms with E-state index in [2.05, 4.69) is 16.0 Å². The van der Waals surface area contributed by atoms with Gasteiger partial charge in [0.15, 0.2) is 0 Å². The molecule has 2 aromatic carbocycles. The molecule has 0 fully saturated rings. The Balaban J connectivity index is 2.22. The smallest absolute Gasteiger partial charge is 0.326 e. The average Bonchev–Trinajstić information content (AvgIpc) is 2.92. The molecule has 212 valence electrons. The van der Waals surface area contributed by atoms with Crippen LogP contribution in [0.2, 0.25) is 0 Å². The fourth-order valence-corrected chi connectivity index (χ4v) is 3.79. The Labute approximate surface area is 226 Å². The lowest BCUT2D eigenvalue weighted by Gasteiger charge is -2.25. The number of hydrogen-bond acceptors (Lipinski definition) is 8. The first-order valence-corrected chi connectivity index (χ1v) is 12.7. The second kappa shape index (κ2) is 16.1. The Kier molecular flexibility index (Phi) is 12.9. The van der Waals surface area contributed by atoms with Gasteiger partial charge in [-0.3, -0.25) is 14.4 Å². The van der Waals surface area contributed by atoms with Crippen LogP contribution in [0.1, 0.15) is 30.4 Å². The van der Waals surface area contributed by atoms with Crippen molar-refractivity contribution >= 4 is 23.7 Å². The van der Waals surface area contributed by atoms with Gasteiger partial charge in [-0.15, -0.1) is 0 Å². The quantitative estimate of drug-likeness (QED) is 0.124. The van der Waals surface area contributed by atoms with Gasteiger partial charge in [-0.25, -0.2) is 4.79 Å². The maximum atomic E-state index is 13.3. The molecule has 2 rings (SSSR count). The van der Waals surface area contributed by atoms with Crippen LogP contribution < -0.4 is 27.4 Å². The van der Waals surface area contributed by atoms with Crippen molar-refractivity contribution in [2.75, 3.05) is 13.2 Å². The van der Waals surface area contributed by atoms with E-state index in [1.54, 1.807) is 42.5 Å². The summed E-state index contributed by atoms with van der Waals surface area (Å²) in [5.74, 6) is -3.37. The van der Waals surface area contributed by atoms with Crippen molar-refractivity contribution < 1.29 is 34.5 Å². The number of amides is 3. The van der Waals surface area contributed by atoms with Crippen LogP contribution >= 0.6 is 0 Å². The van der Waals surface area contributed by atoms with Crippen LogP contribution in [0, 0.1) is 0 Å². The zero-order chi connectivity index (χ0) is 28.8. The first-order chi connectivity index (χ1) is 18.6. The van der Waals surface area contributed by atoms with Crippen molar-refractivity contribution in [3.05, 3.63) is 65.7 Å². The van der Waals surface area contributed by atoms with Crippen LogP contribution in [0.15, 0.2) is 54.6 Å². The molecule has 10 N–H and O–H groups in total. The van der Waals surface area contributed by atoms with E-state index in [4.69, 9.17) is 11.5 Å². The highest BCUT2D eigenvalue weighted by Crippen LogP contribution is 2.12. The summed E-state index contributed by atoms with van der Waals surface area (Å²) in [5, 5.41) is 36.1. The van der Waals surface area contributed by atoms with Crippen LogP contribution in [0.5, 0.6) is 5.75 Å².